The van der Waals surface area contributed by atoms with Gasteiger partial charge in [0.15, 0.2) is 0 Å². The van der Waals surface area contributed by atoms with Gasteiger partial charge in [0.05, 0.1) is 12.2 Å². The van der Waals surface area contributed by atoms with Crippen molar-refractivity contribution >= 4 is 0 Å². The fourth-order valence-electron chi connectivity index (χ4n) is 1.46. The molecule has 0 spiro atoms. The molecule has 0 saturated carbocycles. The average molecular weight is 226 g/mol. The molecule has 0 aliphatic rings. The van der Waals surface area contributed by atoms with Crippen molar-refractivity contribution in [2.24, 2.45) is 0 Å². The predicted octanol–water partition coefficient (Wildman–Crippen LogP) is 2.98. The maximum absolute atomic E-state index is 13.0. The van der Waals surface area contributed by atoms with Crippen LogP contribution in [0.4, 0.5) is 4.39 Å². The third kappa shape index (κ3) is 3.91. The van der Waals surface area contributed by atoms with Crippen LogP contribution in [0.2, 0.25) is 0 Å². The molecule has 0 saturated heterocycles. The van der Waals surface area contributed by atoms with Gasteiger partial charge in [-0.25, -0.2) is 4.39 Å². The molecule has 1 aromatic carbocycles. The average Bonchev–Trinajstić information content (AvgIpc) is 2.21. The molecule has 0 bridgehead atoms. The summed E-state index contributed by atoms with van der Waals surface area (Å²) in [7, 11) is 0. The van der Waals surface area contributed by atoms with Crippen LogP contribution < -0.4 is 0 Å². The van der Waals surface area contributed by atoms with Crippen LogP contribution in [-0.4, -0.2) is 17.8 Å². The van der Waals surface area contributed by atoms with Crippen LogP contribution in [0, 0.1) is 12.7 Å². The highest BCUT2D eigenvalue weighted by atomic mass is 19.1. The molecule has 2 nitrogen and oxygen atoms in total. The van der Waals surface area contributed by atoms with E-state index in [4.69, 9.17) is 4.74 Å². The summed E-state index contributed by atoms with van der Waals surface area (Å²) in [5, 5.41) is 9.85. The van der Waals surface area contributed by atoms with Gasteiger partial charge < -0.3 is 9.84 Å². The maximum Gasteiger partial charge on any atom is 0.126 e. The Morgan fingerprint density at radius 3 is 2.62 bits per heavy atom. The van der Waals surface area contributed by atoms with E-state index >= 15 is 0 Å². The number of aryl methyl sites for hydroxylation is 1. The molecule has 3 heteroatoms. The maximum atomic E-state index is 13.0. The third-order valence-corrected chi connectivity index (χ3v) is 2.41. The lowest BCUT2D eigenvalue weighted by Crippen LogP contribution is -2.08. The number of hydrogen-bond donors (Lipinski definition) is 1. The zero-order chi connectivity index (χ0) is 12.1. The molecule has 1 atom stereocenters. The Labute approximate surface area is 96.1 Å². The summed E-state index contributed by atoms with van der Waals surface area (Å²) in [5.74, 6) is -0.241. The number of aliphatic hydroxyl groups is 1. The molecule has 1 rings (SSSR count). The Balaban J connectivity index is 2.52. The first kappa shape index (κ1) is 13.1. The van der Waals surface area contributed by atoms with Crippen molar-refractivity contribution in [2.75, 3.05) is 6.61 Å². The van der Waals surface area contributed by atoms with Crippen LogP contribution in [0.1, 0.15) is 37.5 Å². The zero-order valence-corrected chi connectivity index (χ0v) is 10.0. The molecule has 0 radical (unpaired) electrons. The second kappa shape index (κ2) is 5.97. The lowest BCUT2D eigenvalue weighted by molar-refractivity contribution is 0.0465. The first-order valence-electron chi connectivity index (χ1n) is 5.56. The Hall–Kier alpha value is -0.930. The van der Waals surface area contributed by atoms with Crippen molar-refractivity contribution in [3.63, 3.8) is 0 Å². The molecule has 0 heterocycles. The van der Waals surface area contributed by atoms with E-state index in [1.807, 2.05) is 13.8 Å². The first-order valence-corrected chi connectivity index (χ1v) is 5.56. The highest BCUT2D eigenvalue weighted by molar-refractivity contribution is 5.25. The van der Waals surface area contributed by atoms with E-state index in [0.717, 1.165) is 5.56 Å². The Kier molecular flexibility index (Phi) is 4.90. The van der Waals surface area contributed by atoms with Crippen LogP contribution in [0.5, 0.6) is 0 Å². The molecule has 90 valence electrons. The molecular weight excluding hydrogens is 207 g/mol. The molecule has 1 N–H and O–H groups in total. The predicted molar refractivity (Wildman–Crippen MR) is 61.8 cm³/mol. The summed E-state index contributed by atoms with van der Waals surface area (Å²) < 4.78 is 18.4. The van der Waals surface area contributed by atoms with Gasteiger partial charge >= 0.3 is 0 Å². The zero-order valence-electron chi connectivity index (χ0n) is 10.0. The second-order valence-electron chi connectivity index (χ2n) is 4.23. The topological polar surface area (TPSA) is 29.5 Å². The first-order chi connectivity index (χ1) is 7.50. The number of aliphatic hydroxyl groups excluding tert-OH is 1. The van der Waals surface area contributed by atoms with Crippen molar-refractivity contribution in [1.82, 2.24) is 0 Å². The van der Waals surface area contributed by atoms with Crippen molar-refractivity contribution < 1.29 is 14.2 Å². The number of hydrogen-bond acceptors (Lipinski definition) is 2. The van der Waals surface area contributed by atoms with Crippen LogP contribution in [0.3, 0.4) is 0 Å². The van der Waals surface area contributed by atoms with Gasteiger partial charge in [-0.05, 0) is 38.0 Å². The fourth-order valence-corrected chi connectivity index (χ4v) is 1.46. The van der Waals surface area contributed by atoms with Crippen LogP contribution in [0.25, 0.3) is 0 Å². The summed E-state index contributed by atoms with van der Waals surface area (Å²) in [6.07, 6.45) is 0.115. The lowest BCUT2D eigenvalue weighted by atomic mass is 10.0. The van der Waals surface area contributed by atoms with E-state index < -0.39 is 6.10 Å². The second-order valence-corrected chi connectivity index (χ2v) is 4.23. The number of ether oxygens (including phenoxy) is 1. The van der Waals surface area contributed by atoms with Gasteiger partial charge in [0.25, 0.3) is 0 Å². The highest BCUT2D eigenvalue weighted by Crippen LogP contribution is 2.19. The van der Waals surface area contributed by atoms with Gasteiger partial charge in [0.2, 0.25) is 0 Å². The van der Waals surface area contributed by atoms with Gasteiger partial charge in [-0.2, -0.15) is 0 Å². The summed E-state index contributed by atoms with van der Waals surface area (Å²) in [6, 6.07) is 4.68. The van der Waals surface area contributed by atoms with Gasteiger partial charge in [-0.3, -0.25) is 0 Å². The molecule has 0 amide bonds. The van der Waals surface area contributed by atoms with E-state index in [9.17, 15) is 9.50 Å². The SMILES string of the molecule is Cc1cc(C(O)CCOC(C)C)ccc1F. The quantitative estimate of drug-likeness (QED) is 0.836. The molecule has 0 aromatic heterocycles. The minimum Gasteiger partial charge on any atom is -0.388 e. The van der Waals surface area contributed by atoms with Gasteiger partial charge in [0.1, 0.15) is 5.82 Å². The Morgan fingerprint density at radius 2 is 2.06 bits per heavy atom. The van der Waals surface area contributed by atoms with Crippen molar-refractivity contribution in [2.45, 2.75) is 39.4 Å². The van der Waals surface area contributed by atoms with Crippen LogP contribution in [0.15, 0.2) is 18.2 Å². The lowest BCUT2D eigenvalue weighted by Gasteiger charge is -2.13. The minimum atomic E-state index is -0.585. The van der Waals surface area contributed by atoms with Gasteiger partial charge in [-0.15, -0.1) is 0 Å². The number of rotatable bonds is 5. The van der Waals surface area contributed by atoms with E-state index in [2.05, 4.69) is 0 Å². The van der Waals surface area contributed by atoms with Gasteiger partial charge in [0, 0.05) is 13.0 Å². The standard InChI is InChI=1S/C13H19FO2/c1-9(2)16-7-6-13(15)11-4-5-12(14)10(3)8-11/h4-5,8-9,13,15H,6-7H2,1-3H3. The molecule has 1 aromatic rings. The summed E-state index contributed by atoms with van der Waals surface area (Å²) in [6.45, 7) is 6.11. The molecule has 0 fully saturated rings. The van der Waals surface area contributed by atoms with Crippen molar-refractivity contribution in [1.29, 1.82) is 0 Å². The van der Waals surface area contributed by atoms with Gasteiger partial charge in [-0.1, -0.05) is 12.1 Å². The molecular formula is C13H19FO2. The van der Waals surface area contributed by atoms with E-state index in [0.29, 0.717) is 18.6 Å². The summed E-state index contributed by atoms with van der Waals surface area (Å²) in [5.41, 5.74) is 1.30. The number of benzene rings is 1. The third-order valence-electron chi connectivity index (χ3n) is 2.41. The number of halogens is 1. The highest BCUT2D eigenvalue weighted by Gasteiger charge is 2.09. The largest absolute Gasteiger partial charge is 0.388 e. The summed E-state index contributed by atoms with van der Waals surface area (Å²) in [4.78, 5) is 0. The van der Waals surface area contributed by atoms with Crippen molar-refractivity contribution in [3.8, 4) is 0 Å². The Bertz CT molecular complexity index is 337. The van der Waals surface area contributed by atoms with Crippen molar-refractivity contribution in [3.05, 3.63) is 35.1 Å². The minimum absolute atomic E-state index is 0.169. The normalized spacial score (nSPS) is 13.1. The smallest absolute Gasteiger partial charge is 0.126 e. The summed E-state index contributed by atoms with van der Waals surface area (Å²) >= 11 is 0. The molecule has 1 unspecified atom stereocenters. The van der Waals surface area contributed by atoms with E-state index in [1.54, 1.807) is 19.1 Å². The van der Waals surface area contributed by atoms with E-state index in [-0.39, 0.29) is 11.9 Å². The van der Waals surface area contributed by atoms with Crippen LogP contribution >= 0.6 is 0 Å². The van der Waals surface area contributed by atoms with Crippen LogP contribution in [-0.2, 0) is 4.74 Å². The monoisotopic (exact) mass is 226 g/mol. The molecule has 16 heavy (non-hydrogen) atoms. The van der Waals surface area contributed by atoms with E-state index in [1.165, 1.54) is 6.07 Å². The Morgan fingerprint density at radius 1 is 1.38 bits per heavy atom. The fraction of sp³-hybridized carbons (Fsp3) is 0.538. The molecule has 0 aliphatic carbocycles. The molecule has 0 aliphatic heterocycles.